The van der Waals surface area contributed by atoms with Crippen LogP contribution in [0.25, 0.3) is 0 Å². The summed E-state index contributed by atoms with van der Waals surface area (Å²) in [5.74, 6) is 0. The van der Waals surface area contributed by atoms with Crippen molar-refractivity contribution in [3.8, 4) is 0 Å². The van der Waals surface area contributed by atoms with Crippen molar-refractivity contribution in [1.29, 1.82) is 0 Å². The van der Waals surface area contributed by atoms with Gasteiger partial charge in [0.25, 0.3) is 0 Å². The highest BCUT2D eigenvalue weighted by Crippen LogP contribution is 2.30. The van der Waals surface area contributed by atoms with Crippen LogP contribution in [-0.4, -0.2) is 47.4 Å². The number of aliphatic hydroxyl groups is 1. The molecule has 3 heteroatoms. The van der Waals surface area contributed by atoms with Crippen molar-refractivity contribution in [2.75, 3.05) is 19.6 Å². The van der Waals surface area contributed by atoms with Crippen LogP contribution in [0.4, 0.5) is 0 Å². The highest BCUT2D eigenvalue weighted by atomic mass is 16.5. The van der Waals surface area contributed by atoms with E-state index in [2.05, 4.69) is 18.7 Å². The van der Waals surface area contributed by atoms with Crippen molar-refractivity contribution in [3.63, 3.8) is 0 Å². The van der Waals surface area contributed by atoms with Crippen LogP contribution in [0.1, 0.15) is 33.1 Å². The molecule has 0 aromatic carbocycles. The lowest BCUT2D eigenvalue weighted by molar-refractivity contribution is -0.0271. The molecule has 2 rings (SSSR count). The lowest BCUT2D eigenvalue weighted by Gasteiger charge is -2.23. The van der Waals surface area contributed by atoms with Crippen molar-refractivity contribution in [2.24, 2.45) is 0 Å². The van der Waals surface area contributed by atoms with Gasteiger partial charge in [-0.3, -0.25) is 4.90 Å². The Morgan fingerprint density at radius 1 is 1.43 bits per heavy atom. The van der Waals surface area contributed by atoms with Gasteiger partial charge in [-0.15, -0.1) is 0 Å². The summed E-state index contributed by atoms with van der Waals surface area (Å²) < 4.78 is 5.92. The molecule has 82 valence electrons. The molecular weight excluding hydrogens is 178 g/mol. The summed E-state index contributed by atoms with van der Waals surface area (Å²) in [5.41, 5.74) is 0.0724. The molecule has 2 aliphatic rings. The molecule has 3 nitrogen and oxygen atoms in total. The number of ether oxygens (including phenoxy) is 1. The maximum Gasteiger partial charge on any atom is 0.0710 e. The second kappa shape index (κ2) is 3.80. The van der Waals surface area contributed by atoms with E-state index in [1.807, 2.05) is 0 Å². The van der Waals surface area contributed by atoms with Gasteiger partial charge in [0.2, 0.25) is 0 Å². The predicted molar refractivity (Wildman–Crippen MR) is 55.2 cm³/mol. The normalized spacial score (nSPS) is 37.9. The van der Waals surface area contributed by atoms with Gasteiger partial charge in [-0.25, -0.2) is 0 Å². The SMILES string of the molecule is CC1(C)CCC(CN2CC[C@@H](O)C2)O1. The second-order valence-corrected chi connectivity index (χ2v) is 5.24. The molecule has 2 heterocycles. The minimum Gasteiger partial charge on any atom is -0.392 e. The third kappa shape index (κ3) is 2.47. The van der Waals surface area contributed by atoms with Crippen LogP contribution in [-0.2, 0) is 4.74 Å². The first-order chi connectivity index (χ1) is 6.55. The summed E-state index contributed by atoms with van der Waals surface area (Å²) in [6, 6.07) is 0. The summed E-state index contributed by atoms with van der Waals surface area (Å²) in [4.78, 5) is 2.32. The molecule has 0 amide bonds. The zero-order valence-corrected chi connectivity index (χ0v) is 9.20. The number of hydrogen-bond donors (Lipinski definition) is 1. The van der Waals surface area contributed by atoms with E-state index in [0.29, 0.717) is 6.10 Å². The maximum absolute atomic E-state index is 9.39. The summed E-state index contributed by atoms with van der Waals surface area (Å²) in [7, 11) is 0. The third-order valence-corrected chi connectivity index (χ3v) is 3.26. The Bertz CT molecular complexity index is 205. The van der Waals surface area contributed by atoms with Gasteiger partial charge in [0.15, 0.2) is 0 Å². The molecule has 0 aromatic rings. The fourth-order valence-corrected chi connectivity index (χ4v) is 2.47. The van der Waals surface area contributed by atoms with E-state index < -0.39 is 0 Å². The van der Waals surface area contributed by atoms with E-state index in [0.717, 1.165) is 32.5 Å². The lowest BCUT2D eigenvalue weighted by Crippen LogP contribution is -2.32. The van der Waals surface area contributed by atoms with Gasteiger partial charge in [0.1, 0.15) is 0 Å². The van der Waals surface area contributed by atoms with Crippen molar-refractivity contribution in [3.05, 3.63) is 0 Å². The van der Waals surface area contributed by atoms with E-state index in [9.17, 15) is 5.11 Å². The fourth-order valence-electron chi connectivity index (χ4n) is 2.47. The summed E-state index contributed by atoms with van der Waals surface area (Å²) in [5, 5.41) is 9.39. The first kappa shape index (κ1) is 10.4. The topological polar surface area (TPSA) is 32.7 Å². The van der Waals surface area contributed by atoms with Crippen LogP contribution in [0, 0.1) is 0 Å². The van der Waals surface area contributed by atoms with E-state index >= 15 is 0 Å². The van der Waals surface area contributed by atoms with Gasteiger partial charge in [0, 0.05) is 19.6 Å². The Labute approximate surface area is 86.0 Å². The van der Waals surface area contributed by atoms with Gasteiger partial charge in [-0.1, -0.05) is 0 Å². The van der Waals surface area contributed by atoms with E-state index in [1.165, 1.54) is 6.42 Å². The molecule has 1 N–H and O–H groups in total. The number of rotatable bonds is 2. The van der Waals surface area contributed by atoms with Crippen LogP contribution in [0.15, 0.2) is 0 Å². The number of hydrogen-bond acceptors (Lipinski definition) is 3. The molecule has 0 aliphatic carbocycles. The Morgan fingerprint density at radius 2 is 2.21 bits per heavy atom. The molecule has 2 fully saturated rings. The molecule has 0 bridgehead atoms. The fraction of sp³-hybridized carbons (Fsp3) is 1.00. The van der Waals surface area contributed by atoms with Gasteiger partial charge < -0.3 is 9.84 Å². The number of aliphatic hydroxyl groups excluding tert-OH is 1. The van der Waals surface area contributed by atoms with Gasteiger partial charge >= 0.3 is 0 Å². The minimum atomic E-state index is -0.107. The van der Waals surface area contributed by atoms with Gasteiger partial charge in [-0.2, -0.15) is 0 Å². The monoisotopic (exact) mass is 199 g/mol. The average molecular weight is 199 g/mol. The molecule has 0 spiro atoms. The summed E-state index contributed by atoms with van der Waals surface area (Å²) in [6.07, 6.45) is 3.53. The number of β-amino-alcohol motifs (C(OH)–C–C–N with tert-alkyl or cyclic N) is 1. The van der Waals surface area contributed by atoms with Crippen molar-refractivity contribution in [1.82, 2.24) is 4.90 Å². The first-order valence-corrected chi connectivity index (χ1v) is 5.63. The highest BCUT2D eigenvalue weighted by molar-refractivity contribution is 4.84. The molecule has 14 heavy (non-hydrogen) atoms. The second-order valence-electron chi connectivity index (χ2n) is 5.24. The average Bonchev–Trinajstić information content (AvgIpc) is 2.59. The Morgan fingerprint density at radius 3 is 2.71 bits per heavy atom. The molecule has 0 radical (unpaired) electrons. The number of nitrogens with zero attached hydrogens (tertiary/aromatic N) is 1. The van der Waals surface area contributed by atoms with Crippen LogP contribution >= 0.6 is 0 Å². The Kier molecular flexibility index (Phi) is 2.82. The lowest BCUT2D eigenvalue weighted by atomic mass is 10.1. The largest absolute Gasteiger partial charge is 0.392 e. The zero-order chi connectivity index (χ0) is 10.2. The smallest absolute Gasteiger partial charge is 0.0710 e. The van der Waals surface area contributed by atoms with Crippen molar-refractivity contribution >= 4 is 0 Å². The molecular formula is C11H21NO2. The van der Waals surface area contributed by atoms with Gasteiger partial charge in [0.05, 0.1) is 17.8 Å². The van der Waals surface area contributed by atoms with Crippen molar-refractivity contribution in [2.45, 2.75) is 50.9 Å². The van der Waals surface area contributed by atoms with E-state index in [4.69, 9.17) is 4.74 Å². The van der Waals surface area contributed by atoms with E-state index in [1.54, 1.807) is 0 Å². The van der Waals surface area contributed by atoms with Gasteiger partial charge in [-0.05, 0) is 33.1 Å². The molecule has 2 atom stereocenters. The van der Waals surface area contributed by atoms with Crippen LogP contribution in [0.5, 0.6) is 0 Å². The standard InChI is InChI=1S/C11H21NO2/c1-11(2)5-3-10(14-11)8-12-6-4-9(13)7-12/h9-10,13H,3-8H2,1-2H3/t9-,10?/m1/s1. The molecule has 1 unspecified atom stereocenters. The summed E-state index contributed by atoms with van der Waals surface area (Å²) in [6.45, 7) is 7.18. The first-order valence-electron chi connectivity index (χ1n) is 5.63. The molecule has 2 aliphatic heterocycles. The third-order valence-electron chi connectivity index (χ3n) is 3.26. The number of likely N-dealkylation sites (tertiary alicyclic amines) is 1. The molecule has 0 saturated carbocycles. The predicted octanol–water partition coefficient (Wildman–Crippen LogP) is 1.01. The highest BCUT2D eigenvalue weighted by Gasteiger charge is 2.33. The summed E-state index contributed by atoms with van der Waals surface area (Å²) >= 11 is 0. The van der Waals surface area contributed by atoms with Crippen LogP contribution < -0.4 is 0 Å². The minimum absolute atomic E-state index is 0.0724. The zero-order valence-electron chi connectivity index (χ0n) is 9.20. The molecule has 2 saturated heterocycles. The quantitative estimate of drug-likeness (QED) is 0.720. The van der Waals surface area contributed by atoms with Crippen LogP contribution in [0.2, 0.25) is 0 Å². The van der Waals surface area contributed by atoms with Crippen LogP contribution in [0.3, 0.4) is 0 Å². The maximum atomic E-state index is 9.39. The van der Waals surface area contributed by atoms with Crippen molar-refractivity contribution < 1.29 is 9.84 Å². The Hall–Kier alpha value is -0.120. The molecule has 0 aromatic heterocycles. The Balaban J connectivity index is 1.76. The van der Waals surface area contributed by atoms with E-state index in [-0.39, 0.29) is 11.7 Å².